The lowest BCUT2D eigenvalue weighted by molar-refractivity contribution is -0.109. The van der Waals surface area contributed by atoms with Crippen molar-refractivity contribution < 1.29 is 13.6 Å². The van der Waals surface area contributed by atoms with Crippen molar-refractivity contribution in [1.29, 1.82) is 0 Å². The second-order valence-corrected chi connectivity index (χ2v) is 4.32. The minimum atomic E-state index is -2.58. The van der Waals surface area contributed by atoms with Gasteiger partial charge in [-0.3, -0.25) is 4.79 Å². The van der Waals surface area contributed by atoms with Gasteiger partial charge in [0.15, 0.2) is 5.12 Å². The van der Waals surface area contributed by atoms with Crippen LogP contribution < -0.4 is 0 Å². The molecule has 0 unspecified atom stereocenters. The van der Waals surface area contributed by atoms with Gasteiger partial charge in [-0.05, 0) is 6.42 Å². The highest BCUT2D eigenvalue weighted by Gasteiger charge is 2.27. The summed E-state index contributed by atoms with van der Waals surface area (Å²) in [6.07, 6.45) is 1.10. The molecule has 0 bridgehead atoms. The summed E-state index contributed by atoms with van der Waals surface area (Å²) in [5, 5.41) is -0.0914. The van der Waals surface area contributed by atoms with E-state index in [4.69, 9.17) is 0 Å². The minimum Gasteiger partial charge on any atom is -0.288 e. The van der Waals surface area contributed by atoms with E-state index >= 15 is 0 Å². The lowest BCUT2D eigenvalue weighted by Gasteiger charge is -2.14. The lowest BCUT2D eigenvalue weighted by Crippen LogP contribution is -2.16. The summed E-state index contributed by atoms with van der Waals surface area (Å²) in [7, 11) is 0. The molecule has 0 saturated carbocycles. The van der Waals surface area contributed by atoms with Crippen LogP contribution in [-0.4, -0.2) is 16.8 Å². The summed E-state index contributed by atoms with van der Waals surface area (Å²) in [4.78, 5) is 10.5. The first-order chi connectivity index (χ1) is 5.98. The molecule has 0 rings (SSSR count). The van der Waals surface area contributed by atoms with Crippen molar-refractivity contribution in [3.05, 3.63) is 0 Å². The lowest BCUT2D eigenvalue weighted by atomic mass is 10.1. The largest absolute Gasteiger partial charge is 0.288 e. The molecule has 0 spiro atoms. The molecule has 13 heavy (non-hydrogen) atoms. The van der Waals surface area contributed by atoms with Crippen LogP contribution in [0.4, 0.5) is 8.78 Å². The van der Waals surface area contributed by atoms with Crippen molar-refractivity contribution in [2.45, 2.75) is 45.5 Å². The van der Waals surface area contributed by atoms with Crippen molar-refractivity contribution in [2.75, 3.05) is 5.75 Å². The van der Waals surface area contributed by atoms with Crippen LogP contribution in [0.25, 0.3) is 0 Å². The predicted molar refractivity (Wildman–Crippen MR) is 52.2 cm³/mol. The van der Waals surface area contributed by atoms with Gasteiger partial charge in [-0.1, -0.05) is 25.1 Å². The fourth-order valence-electron chi connectivity index (χ4n) is 0.904. The van der Waals surface area contributed by atoms with Crippen LogP contribution in [-0.2, 0) is 4.79 Å². The Labute approximate surface area is 82.3 Å². The molecular weight excluding hydrogens is 194 g/mol. The zero-order valence-electron chi connectivity index (χ0n) is 8.11. The number of hydrogen-bond acceptors (Lipinski definition) is 2. The van der Waals surface area contributed by atoms with E-state index in [1.165, 1.54) is 6.92 Å². The van der Waals surface area contributed by atoms with E-state index in [0.29, 0.717) is 6.42 Å². The Morgan fingerprint density at radius 1 is 1.38 bits per heavy atom. The van der Waals surface area contributed by atoms with E-state index in [0.717, 1.165) is 18.2 Å². The van der Waals surface area contributed by atoms with E-state index in [1.807, 2.05) is 6.92 Å². The average Bonchev–Trinajstić information content (AvgIpc) is 2.00. The number of unbranched alkanes of at least 4 members (excludes halogenated alkanes) is 1. The van der Waals surface area contributed by atoms with Crippen LogP contribution in [0.2, 0.25) is 0 Å². The first-order valence-corrected chi connectivity index (χ1v) is 5.47. The van der Waals surface area contributed by atoms with Gasteiger partial charge in [-0.25, -0.2) is 8.78 Å². The molecule has 0 heterocycles. The van der Waals surface area contributed by atoms with Gasteiger partial charge < -0.3 is 0 Å². The van der Waals surface area contributed by atoms with E-state index in [-0.39, 0.29) is 23.7 Å². The molecule has 0 atom stereocenters. The molecule has 0 aliphatic carbocycles. The van der Waals surface area contributed by atoms with E-state index in [9.17, 15) is 13.6 Å². The van der Waals surface area contributed by atoms with Gasteiger partial charge in [0, 0.05) is 25.5 Å². The molecule has 0 aliphatic rings. The van der Waals surface area contributed by atoms with Crippen molar-refractivity contribution in [2.24, 2.45) is 0 Å². The SMILES string of the molecule is CCCCC(F)(F)CCSC(C)=O. The highest BCUT2D eigenvalue weighted by Crippen LogP contribution is 2.26. The zero-order valence-corrected chi connectivity index (χ0v) is 8.92. The molecule has 0 fully saturated rings. The van der Waals surface area contributed by atoms with Gasteiger partial charge >= 0.3 is 0 Å². The molecule has 0 radical (unpaired) electrons. The quantitative estimate of drug-likeness (QED) is 0.667. The highest BCUT2D eigenvalue weighted by atomic mass is 32.2. The zero-order chi connectivity index (χ0) is 10.3. The molecule has 4 heteroatoms. The van der Waals surface area contributed by atoms with Gasteiger partial charge in [0.25, 0.3) is 0 Å². The normalized spacial score (nSPS) is 11.7. The first-order valence-electron chi connectivity index (χ1n) is 4.49. The molecule has 0 amide bonds. The number of halogens is 2. The van der Waals surface area contributed by atoms with Crippen molar-refractivity contribution in [1.82, 2.24) is 0 Å². The molecule has 0 aromatic heterocycles. The second-order valence-electron chi connectivity index (χ2n) is 3.05. The molecule has 0 saturated heterocycles. The highest BCUT2D eigenvalue weighted by molar-refractivity contribution is 8.13. The number of carbonyl (C=O) groups is 1. The van der Waals surface area contributed by atoms with E-state index in [1.54, 1.807) is 0 Å². The number of carbonyl (C=O) groups excluding carboxylic acids is 1. The van der Waals surface area contributed by atoms with Gasteiger partial charge in [0.05, 0.1) is 0 Å². The fourth-order valence-corrected chi connectivity index (χ4v) is 1.59. The van der Waals surface area contributed by atoms with Crippen LogP contribution >= 0.6 is 11.8 Å². The summed E-state index contributed by atoms with van der Waals surface area (Å²) in [6, 6.07) is 0. The van der Waals surface area contributed by atoms with Gasteiger partial charge in [0.2, 0.25) is 5.92 Å². The van der Waals surface area contributed by atoms with Gasteiger partial charge in [0.1, 0.15) is 0 Å². The number of rotatable bonds is 6. The van der Waals surface area contributed by atoms with Crippen LogP contribution in [0, 0.1) is 0 Å². The summed E-state index contributed by atoms with van der Waals surface area (Å²) in [6.45, 7) is 3.29. The molecule has 0 aliphatic heterocycles. The van der Waals surface area contributed by atoms with Crippen molar-refractivity contribution in [3.8, 4) is 0 Å². The number of alkyl halides is 2. The Morgan fingerprint density at radius 3 is 2.46 bits per heavy atom. The Bertz CT molecular complexity index is 160. The minimum absolute atomic E-state index is 0.0536. The standard InChI is InChI=1S/C9H16F2OS/c1-3-4-5-9(10,11)6-7-13-8(2)12/h3-7H2,1-2H3. The summed E-state index contributed by atoms with van der Waals surface area (Å²) < 4.78 is 25.9. The van der Waals surface area contributed by atoms with Gasteiger partial charge in [-0.15, -0.1) is 0 Å². The molecule has 78 valence electrons. The van der Waals surface area contributed by atoms with Crippen LogP contribution in [0.5, 0.6) is 0 Å². The summed E-state index contributed by atoms with van der Waals surface area (Å²) in [5.74, 6) is -2.36. The molecule has 1 nitrogen and oxygen atoms in total. The average molecular weight is 210 g/mol. The van der Waals surface area contributed by atoms with Gasteiger partial charge in [-0.2, -0.15) is 0 Å². The Kier molecular flexibility index (Phi) is 6.29. The van der Waals surface area contributed by atoms with Crippen LogP contribution in [0.3, 0.4) is 0 Å². The van der Waals surface area contributed by atoms with Crippen LogP contribution in [0.1, 0.15) is 39.5 Å². The molecule has 0 N–H and O–H groups in total. The second kappa shape index (κ2) is 6.35. The molecular formula is C9H16F2OS. The van der Waals surface area contributed by atoms with Crippen LogP contribution in [0.15, 0.2) is 0 Å². The smallest absolute Gasteiger partial charge is 0.249 e. The maximum Gasteiger partial charge on any atom is 0.249 e. The van der Waals surface area contributed by atoms with Crippen molar-refractivity contribution in [3.63, 3.8) is 0 Å². The Balaban J connectivity index is 3.56. The fraction of sp³-hybridized carbons (Fsp3) is 0.889. The summed E-state index contributed by atoms with van der Waals surface area (Å²) >= 11 is 0.973. The maximum absolute atomic E-state index is 12.9. The monoisotopic (exact) mass is 210 g/mol. The Hall–Kier alpha value is -0.120. The topological polar surface area (TPSA) is 17.1 Å². The molecule has 0 aromatic rings. The third-order valence-corrected chi connectivity index (χ3v) is 2.48. The third-order valence-electron chi connectivity index (χ3n) is 1.67. The third kappa shape index (κ3) is 8.22. The van der Waals surface area contributed by atoms with Crippen molar-refractivity contribution >= 4 is 16.9 Å². The Morgan fingerprint density at radius 2 is 2.00 bits per heavy atom. The number of hydrogen-bond donors (Lipinski definition) is 0. The van der Waals surface area contributed by atoms with E-state index < -0.39 is 5.92 Å². The predicted octanol–water partition coefficient (Wildman–Crippen LogP) is 3.48. The first kappa shape index (κ1) is 12.9. The molecule has 0 aromatic carbocycles. The number of thioether (sulfide) groups is 1. The van der Waals surface area contributed by atoms with E-state index in [2.05, 4.69) is 0 Å². The summed E-state index contributed by atoms with van der Waals surface area (Å²) in [5.41, 5.74) is 0. The maximum atomic E-state index is 12.9.